The number of piperidine rings is 1. The second-order valence-corrected chi connectivity index (χ2v) is 9.43. The van der Waals surface area contributed by atoms with Crippen molar-refractivity contribution < 1.29 is 18.4 Å². The van der Waals surface area contributed by atoms with Gasteiger partial charge in [0.2, 0.25) is 5.91 Å². The Morgan fingerprint density at radius 3 is 2.34 bits per heavy atom. The van der Waals surface area contributed by atoms with Crippen molar-refractivity contribution in [3.05, 3.63) is 59.7 Å². The van der Waals surface area contributed by atoms with E-state index < -0.39 is 0 Å². The summed E-state index contributed by atoms with van der Waals surface area (Å²) in [5.41, 5.74) is 3.00. The lowest BCUT2D eigenvalue weighted by molar-refractivity contribution is -0.125. The second-order valence-electron chi connectivity index (χ2n) is 9.43. The lowest BCUT2D eigenvalue weighted by Gasteiger charge is -2.39. The summed E-state index contributed by atoms with van der Waals surface area (Å²) in [6.45, 7) is 3.42. The van der Waals surface area contributed by atoms with E-state index in [0.717, 1.165) is 68.7 Å². The number of hydrogen-bond donors (Lipinski definition) is 1. The van der Waals surface area contributed by atoms with Crippen molar-refractivity contribution in [1.82, 2.24) is 15.1 Å². The molecule has 0 aliphatic carbocycles. The Morgan fingerprint density at radius 2 is 1.63 bits per heavy atom. The molecule has 0 unspecified atom stereocenters. The first kappa shape index (κ1) is 25.4. The minimum Gasteiger partial charge on any atom is -0.336 e. The molecule has 2 atom stereocenters. The van der Waals surface area contributed by atoms with Gasteiger partial charge in [-0.2, -0.15) is 0 Å². The molecule has 0 aromatic heterocycles. The number of unbranched alkanes of at least 4 members (excludes halogenated alkanes) is 3. The van der Waals surface area contributed by atoms with Gasteiger partial charge in [-0.25, -0.2) is 13.6 Å². The zero-order valence-electron chi connectivity index (χ0n) is 19.6. The van der Waals surface area contributed by atoms with Crippen LogP contribution in [0.3, 0.4) is 0 Å². The van der Waals surface area contributed by atoms with Crippen molar-refractivity contribution in [1.29, 1.82) is 0 Å². The predicted molar refractivity (Wildman–Crippen MR) is 133 cm³/mol. The number of nitrogens with zero attached hydrogens (tertiary/aromatic N) is 3. The first-order valence-electron chi connectivity index (χ1n) is 12.2. The Balaban J connectivity index is 0.00000289. The van der Waals surface area contributed by atoms with Gasteiger partial charge in [0.25, 0.3) is 0 Å². The number of hydrogen-bond acceptors (Lipinski definition) is 4. The Bertz CT molecular complexity index is 1050. The van der Waals surface area contributed by atoms with Crippen molar-refractivity contribution in [2.75, 3.05) is 37.6 Å². The number of likely N-dealkylation sites (tertiary alicyclic amines) is 1. The molecule has 5 rings (SSSR count). The third kappa shape index (κ3) is 5.28. The van der Waals surface area contributed by atoms with E-state index in [9.17, 15) is 18.4 Å². The number of amides is 3. The number of benzene rings is 2. The second kappa shape index (κ2) is 10.9. The maximum atomic E-state index is 14.1. The molecule has 3 aliphatic heterocycles. The highest BCUT2D eigenvalue weighted by Crippen LogP contribution is 2.48. The van der Waals surface area contributed by atoms with Crippen LogP contribution in [0.25, 0.3) is 0 Å². The van der Waals surface area contributed by atoms with E-state index in [0.29, 0.717) is 6.54 Å². The van der Waals surface area contributed by atoms with Gasteiger partial charge < -0.3 is 15.1 Å². The fourth-order valence-corrected chi connectivity index (χ4v) is 5.62. The molecule has 2 saturated heterocycles. The minimum atomic E-state index is -0.281. The summed E-state index contributed by atoms with van der Waals surface area (Å²) in [5.74, 6) is -0.361. The van der Waals surface area contributed by atoms with E-state index >= 15 is 0 Å². The Hall–Kier alpha value is -2.71. The molecule has 0 saturated carbocycles. The Labute approximate surface area is 210 Å². The average Bonchev–Trinajstić information content (AvgIpc) is 3.32. The molecule has 2 fully saturated rings. The van der Waals surface area contributed by atoms with Gasteiger partial charge in [0.1, 0.15) is 11.6 Å². The Morgan fingerprint density at radius 1 is 0.914 bits per heavy atom. The summed E-state index contributed by atoms with van der Waals surface area (Å²) in [6.07, 6.45) is 4.86. The van der Waals surface area contributed by atoms with Crippen LogP contribution in [0.2, 0.25) is 0 Å². The van der Waals surface area contributed by atoms with Crippen molar-refractivity contribution in [2.45, 2.75) is 44.1 Å². The first-order valence-corrected chi connectivity index (χ1v) is 12.2. The fraction of sp³-hybridized carbons (Fsp3) is 0.462. The standard InChI is InChI=1S/C26H30F2N4O2.ClH/c27-18-5-8-20(9-6-18)32-23-10-7-19(28)15-22(23)21-11-14-30(17-24(21)32)12-3-1-2-4-13-31-25(33)16-29-26(31)34;/h5-10,15,21,24H,1-4,11-14,16-17H2,(H,29,34);1H/t21-,24+;/m1./s1. The highest BCUT2D eigenvalue weighted by atomic mass is 35.5. The quantitative estimate of drug-likeness (QED) is 0.414. The molecule has 3 amide bonds. The van der Waals surface area contributed by atoms with E-state index in [1.165, 1.54) is 23.1 Å². The zero-order chi connectivity index (χ0) is 23.7. The maximum Gasteiger partial charge on any atom is 0.324 e. The number of carbonyl (C=O) groups excluding carboxylic acids is 2. The summed E-state index contributed by atoms with van der Waals surface area (Å²) in [5, 5.41) is 2.55. The van der Waals surface area contributed by atoms with Gasteiger partial charge in [-0.3, -0.25) is 9.69 Å². The molecule has 35 heavy (non-hydrogen) atoms. The van der Waals surface area contributed by atoms with Gasteiger partial charge >= 0.3 is 6.03 Å². The number of nitrogens with one attached hydrogen (secondary N) is 1. The lowest BCUT2D eigenvalue weighted by atomic mass is 9.88. The number of anilines is 2. The molecular weight excluding hydrogens is 474 g/mol. The van der Waals surface area contributed by atoms with Gasteiger partial charge in [0.05, 0.1) is 12.6 Å². The zero-order valence-corrected chi connectivity index (χ0v) is 20.4. The first-order chi connectivity index (χ1) is 16.5. The summed E-state index contributed by atoms with van der Waals surface area (Å²) < 4.78 is 27.6. The smallest absolute Gasteiger partial charge is 0.324 e. The molecular formula is C26H31ClF2N4O2. The van der Waals surface area contributed by atoms with Gasteiger partial charge in [-0.05, 0) is 80.4 Å². The highest BCUT2D eigenvalue weighted by Gasteiger charge is 2.42. The third-order valence-corrected chi connectivity index (χ3v) is 7.29. The summed E-state index contributed by atoms with van der Waals surface area (Å²) in [4.78, 5) is 29.3. The molecule has 6 nitrogen and oxygen atoms in total. The van der Waals surface area contributed by atoms with Gasteiger partial charge in [-0.1, -0.05) is 12.8 Å². The highest BCUT2D eigenvalue weighted by molar-refractivity contribution is 6.01. The SMILES string of the molecule is Cl.O=C1CNC(=O)N1CCCCCCN1CC[C@@H]2c3cc(F)ccc3N(c3ccc(F)cc3)[C@H]2C1. The van der Waals surface area contributed by atoms with E-state index in [4.69, 9.17) is 0 Å². The molecule has 2 aromatic rings. The number of urea groups is 1. The van der Waals surface area contributed by atoms with Crippen LogP contribution in [0, 0.1) is 11.6 Å². The van der Waals surface area contributed by atoms with Crippen LogP contribution in [-0.4, -0.2) is 60.5 Å². The van der Waals surface area contributed by atoms with Crippen molar-refractivity contribution in [3.63, 3.8) is 0 Å². The number of carbonyl (C=O) groups is 2. The van der Waals surface area contributed by atoms with E-state index in [2.05, 4.69) is 15.1 Å². The van der Waals surface area contributed by atoms with Gasteiger partial charge in [0.15, 0.2) is 0 Å². The molecule has 0 spiro atoms. The largest absolute Gasteiger partial charge is 0.336 e. The summed E-state index contributed by atoms with van der Waals surface area (Å²) >= 11 is 0. The third-order valence-electron chi connectivity index (χ3n) is 7.29. The predicted octanol–water partition coefficient (Wildman–Crippen LogP) is 4.81. The molecule has 1 N–H and O–H groups in total. The number of fused-ring (bicyclic) bond motifs is 3. The molecule has 0 bridgehead atoms. The monoisotopic (exact) mass is 504 g/mol. The van der Waals surface area contributed by atoms with Crippen LogP contribution in [-0.2, 0) is 4.79 Å². The summed E-state index contributed by atoms with van der Waals surface area (Å²) in [7, 11) is 0. The van der Waals surface area contributed by atoms with Crippen LogP contribution >= 0.6 is 12.4 Å². The lowest BCUT2D eigenvalue weighted by Crippen LogP contribution is -2.47. The van der Waals surface area contributed by atoms with E-state index in [-0.39, 0.29) is 54.5 Å². The fourth-order valence-electron chi connectivity index (χ4n) is 5.62. The van der Waals surface area contributed by atoms with Crippen molar-refractivity contribution >= 4 is 35.7 Å². The number of rotatable bonds is 8. The van der Waals surface area contributed by atoms with Crippen LogP contribution in [0.4, 0.5) is 25.0 Å². The molecule has 0 radical (unpaired) electrons. The Kier molecular flexibility index (Phi) is 7.91. The van der Waals surface area contributed by atoms with E-state index in [1.54, 1.807) is 18.2 Å². The summed E-state index contributed by atoms with van der Waals surface area (Å²) in [6, 6.07) is 11.5. The molecule has 3 aliphatic rings. The maximum absolute atomic E-state index is 14.1. The van der Waals surface area contributed by atoms with Crippen LogP contribution in [0.15, 0.2) is 42.5 Å². The minimum absolute atomic E-state index is 0. The van der Waals surface area contributed by atoms with Gasteiger partial charge in [-0.15, -0.1) is 12.4 Å². The van der Waals surface area contributed by atoms with Gasteiger partial charge in [0, 0.05) is 30.4 Å². The van der Waals surface area contributed by atoms with E-state index in [1.807, 2.05) is 6.07 Å². The normalized spacial score (nSPS) is 21.5. The van der Waals surface area contributed by atoms with Crippen LogP contribution in [0.1, 0.15) is 43.6 Å². The molecule has 9 heteroatoms. The van der Waals surface area contributed by atoms with Crippen LogP contribution < -0.4 is 10.2 Å². The average molecular weight is 505 g/mol. The molecule has 188 valence electrons. The van der Waals surface area contributed by atoms with Crippen LogP contribution in [0.5, 0.6) is 0 Å². The van der Waals surface area contributed by atoms with Crippen molar-refractivity contribution in [2.24, 2.45) is 0 Å². The topological polar surface area (TPSA) is 55.9 Å². The molecule has 2 aromatic carbocycles. The number of halogens is 3. The number of imide groups is 1. The van der Waals surface area contributed by atoms with Crippen molar-refractivity contribution in [3.8, 4) is 0 Å². The molecule has 3 heterocycles.